The standard InChI is InChI=1S/C17H22N4O2/c1-13-12-19(2)10-11-20(13)17(22)16-8-9-21(18-16)14-4-6-15(23-3)7-5-14/h4-9,13H,10-12H2,1-3H3. The fourth-order valence-corrected chi connectivity index (χ4v) is 2.91. The zero-order valence-electron chi connectivity index (χ0n) is 13.8. The van der Waals surface area contributed by atoms with Gasteiger partial charge in [-0.2, -0.15) is 5.10 Å². The maximum Gasteiger partial charge on any atom is 0.274 e. The predicted molar refractivity (Wildman–Crippen MR) is 88.1 cm³/mol. The molecule has 6 heteroatoms. The number of hydrogen-bond donors (Lipinski definition) is 0. The van der Waals surface area contributed by atoms with Crippen LogP contribution in [0.4, 0.5) is 0 Å². The van der Waals surface area contributed by atoms with Crippen LogP contribution in [0, 0.1) is 0 Å². The smallest absolute Gasteiger partial charge is 0.274 e. The molecule has 1 fully saturated rings. The number of rotatable bonds is 3. The highest BCUT2D eigenvalue weighted by atomic mass is 16.5. The highest BCUT2D eigenvalue weighted by molar-refractivity contribution is 5.92. The van der Waals surface area contributed by atoms with Gasteiger partial charge in [-0.15, -0.1) is 0 Å². The van der Waals surface area contributed by atoms with Crippen LogP contribution in [-0.4, -0.2) is 65.3 Å². The minimum atomic E-state index is -0.00198. The normalized spacial score (nSPS) is 18.9. The number of ether oxygens (including phenoxy) is 1. The summed E-state index contributed by atoms with van der Waals surface area (Å²) in [6.45, 7) is 4.61. The Balaban J connectivity index is 1.76. The summed E-state index contributed by atoms with van der Waals surface area (Å²) in [5.41, 5.74) is 1.38. The Morgan fingerprint density at radius 2 is 1.96 bits per heavy atom. The van der Waals surface area contributed by atoms with Crippen molar-refractivity contribution < 1.29 is 9.53 Å². The van der Waals surface area contributed by atoms with Gasteiger partial charge in [-0.05, 0) is 44.3 Å². The molecule has 1 aromatic heterocycles. The Hall–Kier alpha value is -2.34. The van der Waals surface area contributed by atoms with Crippen molar-refractivity contribution in [3.8, 4) is 11.4 Å². The number of carbonyl (C=O) groups is 1. The highest BCUT2D eigenvalue weighted by Gasteiger charge is 2.27. The predicted octanol–water partition coefficient (Wildman–Crippen LogP) is 1.66. The molecule has 1 aliphatic heterocycles. The molecule has 0 N–H and O–H groups in total. The van der Waals surface area contributed by atoms with E-state index in [2.05, 4.69) is 24.0 Å². The summed E-state index contributed by atoms with van der Waals surface area (Å²) >= 11 is 0. The lowest BCUT2D eigenvalue weighted by molar-refractivity contribution is 0.0527. The number of likely N-dealkylation sites (N-methyl/N-ethyl adjacent to an activating group) is 1. The first-order chi connectivity index (χ1) is 11.1. The lowest BCUT2D eigenvalue weighted by Crippen LogP contribution is -2.52. The zero-order valence-corrected chi connectivity index (χ0v) is 13.8. The third-order valence-electron chi connectivity index (χ3n) is 4.24. The molecule has 0 radical (unpaired) electrons. The average Bonchev–Trinajstić information content (AvgIpc) is 3.04. The van der Waals surface area contributed by atoms with Gasteiger partial charge in [-0.1, -0.05) is 0 Å². The molecule has 2 heterocycles. The molecule has 0 saturated carbocycles. The van der Waals surface area contributed by atoms with Gasteiger partial charge in [0.05, 0.1) is 12.8 Å². The fraction of sp³-hybridized carbons (Fsp3) is 0.412. The first-order valence-electron chi connectivity index (χ1n) is 7.78. The number of amides is 1. The molecule has 1 unspecified atom stereocenters. The lowest BCUT2D eigenvalue weighted by atomic mass is 10.2. The SMILES string of the molecule is COc1ccc(-n2ccc(C(=O)N3CCN(C)CC3C)n2)cc1. The summed E-state index contributed by atoms with van der Waals surface area (Å²) in [6, 6.07) is 9.56. The Morgan fingerprint density at radius 3 is 2.61 bits per heavy atom. The van der Waals surface area contributed by atoms with Gasteiger partial charge in [0.25, 0.3) is 5.91 Å². The minimum absolute atomic E-state index is 0.00198. The topological polar surface area (TPSA) is 50.6 Å². The molecular formula is C17H22N4O2. The summed E-state index contributed by atoms with van der Waals surface area (Å²) in [6.07, 6.45) is 1.82. The molecular weight excluding hydrogens is 292 g/mol. The van der Waals surface area contributed by atoms with E-state index in [1.165, 1.54) is 0 Å². The number of methoxy groups -OCH3 is 1. The van der Waals surface area contributed by atoms with E-state index in [1.807, 2.05) is 35.4 Å². The monoisotopic (exact) mass is 314 g/mol. The highest BCUT2D eigenvalue weighted by Crippen LogP contribution is 2.16. The summed E-state index contributed by atoms with van der Waals surface area (Å²) in [5.74, 6) is 0.793. The van der Waals surface area contributed by atoms with Crippen LogP contribution in [0.3, 0.4) is 0 Å². The van der Waals surface area contributed by atoms with Crippen LogP contribution in [0.5, 0.6) is 5.75 Å². The molecule has 0 spiro atoms. The van der Waals surface area contributed by atoms with Crippen molar-refractivity contribution >= 4 is 5.91 Å². The molecule has 1 atom stereocenters. The largest absolute Gasteiger partial charge is 0.497 e. The van der Waals surface area contributed by atoms with Crippen LogP contribution >= 0.6 is 0 Å². The number of carbonyl (C=O) groups excluding carboxylic acids is 1. The number of aromatic nitrogens is 2. The molecule has 1 saturated heterocycles. The van der Waals surface area contributed by atoms with Crippen LogP contribution in [0.15, 0.2) is 36.5 Å². The van der Waals surface area contributed by atoms with Crippen molar-refractivity contribution in [2.45, 2.75) is 13.0 Å². The molecule has 0 aliphatic carbocycles. The van der Waals surface area contributed by atoms with Crippen molar-refractivity contribution in [1.29, 1.82) is 0 Å². The van der Waals surface area contributed by atoms with E-state index in [4.69, 9.17) is 4.74 Å². The molecule has 2 aromatic rings. The first kappa shape index (κ1) is 15.6. The van der Waals surface area contributed by atoms with E-state index >= 15 is 0 Å². The van der Waals surface area contributed by atoms with Gasteiger partial charge < -0.3 is 14.5 Å². The van der Waals surface area contributed by atoms with Crippen LogP contribution in [0.25, 0.3) is 5.69 Å². The van der Waals surface area contributed by atoms with Gasteiger partial charge in [-0.3, -0.25) is 4.79 Å². The lowest BCUT2D eigenvalue weighted by Gasteiger charge is -2.37. The second kappa shape index (κ2) is 6.42. The molecule has 1 aliphatic rings. The van der Waals surface area contributed by atoms with E-state index in [9.17, 15) is 4.79 Å². The molecule has 1 aromatic carbocycles. The van der Waals surface area contributed by atoms with E-state index in [-0.39, 0.29) is 11.9 Å². The molecule has 23 heavy (non-hydrogen) atoms. The van der Waals surface area contributed by atoms with E-state index < -0.39 is 0 Å². The van der Waals surface area contributed by atoms with Crippen molar-refractivity contribution in [2.75, 3.05) is 33.8 Å². The molecule has 6 nitrogen and oxygen atoms in total. The summed E-state index contributed by atoms with van der Waals surface area (Å²) in [7, 11) is 3.72. The average molecular weight is 314 g/mol. The summed E-state index contributed by atoms with van der Waals surface area (Å²) in [4.78, 5) is 16.8. The van der Waals surface area contributed by atoms with Gasteiger partial charge in [0.1, 0.15) is 5.75 Å². The second-order valence-electron chi connectivity index (χ2n) is 5.95. The Labute approximate surface area is 136 Å². The van der Waals surface area contributed by atoms with E-state index in [0.29, 0.717) is 5.69 Å². The van der Waals surface area contributed by atoms with Crippen molar-refractivity contribution in [3.05, 3.63) is 42.2 Å². The van der Waals surface area contributed by atoms with E-state index in [0.717, 1.165) is 31.1 Å². The number of piperazine rings is 1. The molecule has 3 rings (SSSR count). The quantitative estimate of drug-likeness (QED) is 0.864. The summed E-state index contributed by atoms with van der Waals surface area (Å²) < 4.78 is 6.87. The number of benzene rings is 1. The van der Waals surface area contributed by atoms with Crippen molar-refractivity contribution in [3.63, 3.8) is 0 Å². The minimum Gasteiger partial charge on any atom is -0.497 e. The van der Waals surface area contributed by atoms with Gasteiger partial charge in [0.15, 0.2) is 5.69 Å². The van der Waals surface area contributed by atoms with Crippen LogP contribution in [-0.2, 0) is 0 Å². The van der Waals surface area contributed by atoms with Crippen molar-refractivity contribution in [1.82, 2.24) is 19.6 Å². The number of nitrogens with zero attached hydrogens (tertiary/aromatic N) is 4. The first-order valence-corrected chi connectivity index (χ1v) is 7.78. The maximum atomic E-state index is 12.7. The van der Waals surface area contributed by atoms with E-state index in [1.54, 1.807) is 17.9 Å². The molecule has 1 amide bonds. The van der Waals surface area contributed by atoms with Crippen LogP contribution in [0.2, 0.25) is 0 Å². The van der Waals surface area contributed by atoms with Gasteiger partial charge >= 0.3 is 0 Å². The van der Waals surface area contributed by atoms with Gasteiger partial charge in [0.2, 0.25) is 0 Å². The zero-order chi connectivity index (χ0) is 16.4. The van der Waals surface area contributed by atoms with Gasteiger partial charge in [-0.25, -0.2) is 4.68 Å². The summed E-state index contributed by atoms with van der Waals surface area (Å²) in [5, 5.41) is 4.44. The Kier molecular flexibility index (Phi) is 4.34. The van der Waals surface area contributed by atoms with Crippen LogP contribution in [0.1, 0.15) is 17.4 Å². The Bertz CT molecular complexity index is 680. The third-order valence-corrected chi connectivity index (χ3v) is 4.24. The second-order valence-corrected chi connectivity index (χ2v) is 5.95. The number of hydrogen-bond acceptors (Lipinski definition) is 4. The third kappa shape index (κ3) is 3.22. The molecule has 122 valence electrons. The van der Waals surface area contributed by atoms with Crippen LogP contribution < -0.4 is 4.74 Å². The fourth-order valence-electron chi connectivity index (χ4n) is 2.91. The Morgan fingerprint density at radius 1 is 1.22 bits per heavy atom. The van der Waals surface area contributed by atoms with Gasteiger partial charge in [0, 0.05) is 31.9 Å². The molecule has 0 bridgehead atoms. The maximum absolute atomic E-state index is 12.7. The van der Waals surface area contributed by atoms with Crippen molar-refractivity contribution in [2.24, 2.45) is 0 Å².